The van der Waals surface area contributed by atoms with Crippen molar-refractivity contribution in [2.24, 2.45) is 0 Å². The van der Waals surface area contributed by atoms with E-state index in [1.165, 1.54) is 19.1 Å². The number of carbonyl (C=O) groups excluding carboxylic acids is 3. The Kier molecular flexibility index (Phi) is 7.17. The molecule has 30 heavy (non-hydrogen) atoms. The molecule has 2 amide bonds. The number of ketones is 1. The fraction of sp³-hybridized carbons (Fsp3) is 0.348. The largest absolute Gasteiger partial charge is 0.368 e. The van der Waals surface area contributed by atoms with Gasteiger partial charge >= 0.3 is 0 Å². The van der Waals surface area contributed by atoms with Gasteiger partial charge in [-0.25, -0.2) is 4.39 Å². The van der Waals surface area contributed by atoms with Crippen LogP contribution in [0.2, 0.25) is 0 Å². The molecule has 0 bridgehead atoms. The SMILES string of the molecule is CC(=O)c1cccc(NC(=O)CCCC(=O)N2CCN(c3ccc(F)cc3)CC2)c1. The number of hydrogen-bond acceptors (Lipinski definition) is 4. The van der Waals surface area contributed by atoms with Crippen molar-refractivity contribution in [3.63, 3.8) is 0 Å². The van der Waals surface area contributed by atoms with Crippen LogP contribution in [0.1, 0.15) is 36.5 Å². The molecule has 1 aliphatic rings. The molecule has 1 saturated heterocycles. The maximum absolute atomic E-state index is 13.1. The highest BCUT2D eigenvalue weighted by Crippen LogP contribution is 2.18. The summed E-state index contributed by atoms with van der Waals surface area (Å²) in [7, 11) is 0. The van der Waals surface area contributed by atoms with Crippen LogP contribution in [-0.4, -0.2) is 48.7 Å². The van der Waals surface area contributed by atoms with Crippen molar-refractivity contribution >= 4 is 29.0 Å². The quantitative estimate of drug-likeness (QED) is 0.708. The van der Waals surface area contributed by atoms with Crippen molar-refractivity contribution in [1.29, 1.82) is 0 Å². The third-order valence-corrected chi connectivity index (χ3v) is 5.17. The summed E-state index contributed by atoms with van der Waals surface area (Å²) in [6.07, 6.45) is 1.03. The van der Waals surface area contributed by atoms with Gasteiger partial charge in [0, 0.05) is 56.0 Å². The van der Waals surface area contributed by atoms with E-state index in [0.29, 0.717) is 50.3 Å². The van der Waals surface area contributed by atoms with E-state index >= 15 is 0 Å². The third-order valence-electron chi connectivity index (χ3n) is 5.17. The van der Waals surface area contributed by atoms with E-state index in [0.717, 1.165) is 5.69 Å². The molecule has 0 saturated carbocycles. The van der Waals surface area contributed by atoms with Gasteiger partial charge in [-0.1, -0.05) is 12.1 Å². The molecule has 3 rings (SSSR count). The summed E-state index contributed by atoms with van der Waals surface area (Å²) >= 11 is 0. The minimum atomic E-state index is -0.261. The summed E-state index contributed by atoms with van der Waals surface area (Å²) in [6, 6.07) is 13.2. The zero-order valence-electron chi connectivity index (χ0n) is 17.1. The van der Waals surface area contributed by atoms with Gasteiger partial charge in [0.25, 0.3) is 0 Å². The number of piperazine rings is 1. The first-order chi connectivity index (χ1) is 14.4. The van der Waals surface area contributed by atoms with E-state index < -0.39 is 0 Å². The van der Waals surface area contributed by atoms with E-state index in [2.05, 4.69) is 10.2 Å². The first-order valence-corrected chi connectivity index (χ1v) is 10.1. The zero-order chi connectivity index (χ0) is 21.5. The van der Waals surface area contributed by atoms with Crippen molar-refractivity contribution in [3.8, 4) is 0 Å². The lowest BCUT2D eigenvalue weighted by molar-refractivity contribution is -0.131. The highest BCUT2D eigenvalue weighted by Gasteiger charge is 2.21. The molecular weight excluding hydrogens is 385 g/mol. The molecule has 0 radical (unpaired) electrons. The number of rotatable bonds is 7. The number of amides is 2. The standard InChI is InChI=1S/C23H26FN3O3/c1-17(28)18-4-2-5-20(16-18)25-22(29)6-3-7-23(30)27-14-12-26(13-15-27)21-10-8-19(24)9-11-21/h2,4-5,8-11,16H,3,6-7,12-15H2,1H3,(H,25,29). The van der Waals surface area contributed by atoms with Crippen molar-refractivity contribution in [3.05, 3.63) is 59.9 Å². The molecule has 0 atom stereocenters. The molecule has 0 aliphatic carbocycles. The second-order valence-corrected chi connectivity index (χ2v) is 7.38. The van der Waals surface area contributed by atoms with Gasteiger partial charge in [-0.05, 0) is 49.7 Å². The molecule has 2 aromatic carbocycles. The lowest BCUT2D eigenvalue weighted by atomic mass is 10.1. The fourth-order valence-corrected chi connectivity index (χ4v) is 3.46. The molecule has 158 valence electrons. The Morgan fingerprint density at radius 2 is 1.67 bits per heavy atom. The molecule has 0 spiro atoms. The van der Waals surface area contributed by atoms with Crippen molar-refractivity contribution in [2.45, 2.75) is 26.2 Å². The Labute approximate surface area is 175 Å². The van der Waals surface area contributed by atoms with Gasteiger partial charge in [-0.2, -0.15) is 0 Å². The van der Waals surface area contributed by atoms with Gasteiger partial charge < -0.3 is 15.1 Å². The van der Waals surface area contributed by atoms with Crippen LogP contribution in [-0.2, 0) is 9.59 Å². The summed E-state index contributed by atoms with van der Waals surface area (Å²) in [4.78, 5) is 39.9. The van der Waals surface area contributed by atoms with Gasteiger partial charge in [0.1, 0.15) is 5.82 Å². The number of nitrogens with one attached hydrogen (secondary N) is 1. The summed E-state index contributed by atoms with van der Waals surface area (Å²) < 4.78 is 13.1. The van der Waals surface area contributed by atoms with Gasteiger partial charge in [-0.3, -0.25) is 14.4 Å². The molecule has 1 fully saturated rings. The Morgan fingerprint density at radius 3 is 2.33 bits per heavy atom. The molecule has 1 N–H and O–H groups in total. The highest BCUT2D eigenvalue weighted by molar-refractivity contribution is 5.97. The van der Waals surface area contributed by atoms with Gasteiger partial charge in [-0.15, -0.1) is 0 Å². The number of Topliss-reactive ketones (excluding diaryl/α,β-unsaturated/α-hetero) is 1. The molecule has 1 aliphatic heterocycles. The van der Waals surface area contributed by atoms with Crippen LogP contribution in [0.25, 0.3) is 0 Å². The molecule has 0 unspecified atom stereocenters. The smallest absolute Gasteiger partial charge is 0.224 e. The molecule has 2 aromatic rings. The Balaban J connectivity index is 1.38. The van der Waals surface area contributed by atoms with Crippen LogP contribution in [0.5, 0.6) is 0 Å². The van der Waals surface area contributed by atoms with Crippen LogP contribution in [0.4, 0.5) is 15.8 Å². The van der Waals surface area contributed by atoms with E-state index in [-0.39, 0.29) is 29.8 Å². The fourth-order valence-electron chi connectivity index (χ4n) is 3.46. The van der Waals surface area contributed by atoms with Crippen LogP contribution >= 0.6 is 0 Å². The van der Waals surface area contributed by atoms with Crippen LogP contribution < -0.4 is 10.2 Å². The summed E-state index contributed by atoms with van der Waals surface area (Å²) in [5.74, 6) is -0.454. The van der Waals surface area contributed by atoms with Crippen LogP contribution in [0.15, 0.2) is 48.5 Å². The maximum Gasteiger partial charge on any atom is 0.224 e. The molecule has 1 heterocycles. The zero-order valence-corrected chi connectivity index (χ0v) is 17.1. The lowest BCUT2D eigenvalue weighted by Gasteiger charge is -2.36. The third kappa shape index (κ3) is 5.89. The number of hydrogen-bond donors (Lipinski definition) is 1. The second-order valence-electron chi connectivity index (χ2n) is 7.38. The average Bonchev–Trinajstić information content (AvgIpc) is 2.74. The van der Waals surface area contributed by atoms with E-state index in [1.54, 1.807) is 36.4 Å². The molecule has 0 aromatic heterocycles. The summed E-state index contributed by atoms with van der Waals surface area (Å²) in [5, 5.41) is 2.77. The number of halogens is 1. The number of carbonyl (C=O) groups is 3. The van der Waals surface area contributed by atoms with Gasteiger partial charge in [0.05, 0.1) is 0 Å². The molecular formula is C23H26FN3O3. The van der Waals surface area contributed by atoms with Gasteiger partial charge in [0.2, 0.25) is 11.8 Å². The second kappa shape index (κ2) is 10.0. The Bertz CT molecular complexity index is 906. The van der Waals surface area contributed by atoms with Gasteiger partial charge in [0.15, 0.2) is 5.78 Å². The predicted octanol–water partition coefficient (Wildman–Crippen LogP) is 3.49. The minimum Gasteiger partial charge on any atom is -0.368 e. The topological polar surface area (TPSA) is 69.7 Å². The van der Waals surface area contributed by atoms with Crippen molar-refractivity contribution in [2.75, 3.05) is 36.4 Å². The van der Waals surface area contributed by atoms with Crippen LogP contribution in [0, 0.1) is 5.82 Å². The first-order valence-electron chi connectivity index (χ1n) is 10.1. The van der Waals surface area contributed by atoms with E-state index in [9.17, 15) is 18.8 Å². The summed E-state index contributed by atoms with van der Waals surface area (Å²) in [6.45, 7) is 4.10. The number of nitrogens with zero attached hydrogens (tertiary/aromatic N) is 2. The first kappa shape index (κ1) is 21.5. The molecule has 7 heteroatoms. The van der Waals surface area contributed by atoms with E-state index in [4.69, 9.17) is 0 Å². The number of anilines is 2. The lowest BCUT2D eigenvalue weighted by Crippen LogP contribution is -2.48. The number of benzene rings is 2. The van der Waals surface area contributed by atoms with Crippen LogP contribution in [0.3, 0.4) is 0 Å². The monoisotopic (exact) mass is 411 g/mol. The normalized spacial score (nSPS) is 13.8. The maximum atomic E-state index is 13.1. The Hall–Kier alpha value is -3.22. The van der Waals surface area contributed by atoms with Crippen molar-refractivity contribution in [1.82, 2.24) is 4.90 Å². The predicted molar refractivity (Wildman–Crippen MR) is 114 cm³/mol. The minimum absolute atomic E-state index is 0.0418. The summed E-state index contributed by atoms with van der Waals surface area (Å²) in [5.41, 5.74) is 2.08. The average molecular weight is 411 g/mol. The Morgan fingerprint density at radius 1 is 0.967 bits per heavy atom. The van der Waals surface area contributed by atoms with Crippen molar-refractivity contribution < 1.29 is 18.8 Å². The highest BCUT2D eigenvalue weighted by atomic mass is 19.1. The van der Waals surface area contributed by atoms with E-state index in [1.807, 2.05) is 4.90 Å². The molecule has 6 nitrogen and oxygen atoms in total.